The maximum Gasteiger partial charge on any atom is 0.0975 e. The fraction of sp³-hybridized carbons (Fsp3) is 0.333. The molecular formula is C21H23NO. The Morgan fingerprint density at radius 1 is 1.09 bits per heavy atom. The summed E-state index contributed by atoms with van der Waals surface area (Å²) < 4.78 is 6.01. The summed E-state index contributed by atoms with van der Waals surface area (Å²) in [4.78, 5) is 3.66. The van der Waals surface area contributed by atoms with E-state index < -0.39 is 0 Å². The van der Waals surface area contributed by atoms with Crippen molar-refractivity contribution in [1.29, 1.82) is 0 Å². The molecule has 1 N–H and O–H groups in total. The first kappa shape index (κ1) is 14.5. The third kappa shape index (κ3) is 2.38. The highest BCUT2D eigenvalue weighted by atomic mass is 16.5. The van der Waals surface area contributed by atoms with Crippen molar-refractivity contribution in [3.05, 3.63) is 59.3 Å². The standard InChI is InChI=1S/C21H23NO/c1-3-7-19-21-17(12-13-23-19)20-16(10-6-11-18(20)22-21)15-9-5-4-8-14(15)2/h4-6,8-11,19,22H,3,7,12-13H2,1-2H3. The summed E-state index contributed by atoms with van der Waals surface area (Å²) in [5.74, 6) is 0. The molecule has 0 saturated carbocycles. The Labute approximate surface area is 137 Å². The van der Waals surface area contributed by atoms with E-state index in [0.717, 1.165) is 25.9 Å². The van der Waals surface area contributed by atoms with Gasteiger partial charge in [0, 0.05) is 16.6 Å². The van der Waals surface area contributed by atoms with E-state index in [1.807, 2.05) is 0 Å². The molecule has 1 aliphatic heterocycles. The van der Waals surface area contributed by atoms with Gasteiger partial charge in [-0.2, -0.15) is 0 Å². The van der Waals surface area contributed by atoms with Crippen LogP contribution in [0.1, 0.15) is 42.7 Å². The minimum Gasteiger partial charge on any atom is -0.372 e. The highest BCUT2D eigenvalue weighted by Gasteiger charge is 2.25. The molecule has 118 valence electrons. The molecule has 1 aliphatic rings. The van der Waals surface area contributed by atoms with Crippen molar-refractivity contribution in [1.82, 2.24) is 4.98 Å². The van der Waals surface area contributed by atoms with E-state index in [1.54, 1.807) is 0 Å². The topological polar surface area (TPSA) is 25.0 Å². The average Bonchev–Trinajstić information content (AvgIpc) is 2.95. The Hall–Kier alpha value is -2.06. The van der Waals surface area contributed by atoms with Crippen molar-refractivity contribution in [2.45, 2.75) is 39.2 Å². The van der Waals surface area contributed by atoms with Crippen LogP contribution in [-0.2, 0) is 11.2 Å². The molecule has 2 heterocycles. The van der Waals surface area contributed by atoms with Crippen LogP contribution in [0.15, 0.2) is 42.5 Å². The summed E-state index contributed by atoms with van der Waals surface area (Å²) in [5, 5.41) is 1.39. The van der Waals surface area contributed by atoms with Gasteiger partial charge in [0.05, 0.1) is 12.7 Å². The van der Waals surface area contributed by atoms with Crippen LogP contribution in [0, 0.1) is 6.92 Å². The molecule has 3 aromatic rings. The Morgan fingerprint density at radius 2 is 1.91 bits per heavy atom. The highest BCUT2D eigenvalue weighted by molar-refractivity contribution is 5.99. The van der Waals surface area contributed by atoms with Crippen LogP contribution in [0.5, 0.6) is 0 Å². The van der Waals surface area contributed by atoms with Crippen molar-refractivity contribution >= 4 is 10.9 Å². The molecule has 0 amide bonds. The van der Waals surface area contributed by atoms with E-state index in [9.17, 15) is 0 Å². The van der Waals surface area contributed by atoms with Crippen LogP contribution in [-0.4, -0.2) is 11.6 Å². The number of hydrogen-bond acceptors (Lipinski definition) is 1. The number of nitrogens with one attached hydrogen (secondary N) is 1. The third-order valence-electron chi connectivity index (χ3n) is 4.94. The molecule has 1 aromatic heterocycles. The van der Waals surface area contributed by atoms with Gasteiger partial charge in [0.2, 0.25) is 0 Å². The molecule has 0 bridgehead atoms. The van der Waals surface area contributed by atoms with Crippen molar-refractivity contribution in [2.75, 3.05) is 6.61 Å². The number of rotatable bonds is 3. The molecule has 2 aromatic carbocycles. The quantitative estimate of drug-likeness (QED) is 0.673. The summed E-state index contributed by atoms with van der Waals surface area (Å²) in [7, 11) is 0. The first-order chi connectivity index (χ1) is 11.3. The van der Waals surface area contributed by atoms with E-state index in [1.165, 1.54) is 38.9 Å². The van der Waals surface area contributed by atoms with Crippen LogP contribution < -0.4 is 0 Å². The van der Waals surface area contributed by atoms with E-state index in [2.05, 4.69) is 61.3 Å². The number of aromatic amines is 1. The first-order valence-electron chi connectivity index (χ1n) is 8.60. The Kier molecular flexibility index (Phi) is 3.70. The minimum atomic E-state index is 0.223. The minimum absolute atomic E-state index is 0.223. The Morgan fingerprint density at radius 3 is 2.74 bits per heavy atom. The normalized spacial score (nSPS) is 17.4. The second-order valence-corrected chi connectivity index (χ2v) is 6.46. The monoisotopic (exact) mass is 305 g/mol. The van der Waals surface area contributed by atoms with Gasteiger partial charge in [0.15, 0.2) is 0 Å². The molecule has 0 aliphatic carbocycles. The number of fused-ring (bicyclic) bond motifs is 3. The van der Waals surface area contributed by atoms with E-state index in [0.29, 0.717) is 0 Å². The summed E-state index contributed by atoms with van der Waals surface area (Å²) in [6.45, 7) is 5.24. The van der Waals surface area contributed by atoms with Crippen molar-refractivity contribution < 1.29 is 4.74 Å². The lowest BCUT2D eigenvalue weighted by Gasteiger charge is -2.23. The molecule has 2 nitrogen and oxygen atoms in total. The fourth-order valence-corrected chi connectivity index (χ4v) is 3.85. The SMILES string of the molecule is CCCC1OCCc2c1[nH]c1cccc(-c3ccccc3C)c21. The van der Waals surface area contributed by atoms with E-state index in [-0.39, 0.29) is 6.10 Å². The maximum atomic E-state index is 6.01. The molecule has 0 fully saturated rings. The van der Waals surface area contributed by atoms with Crippen LogP contribution in [0.3, 0.4) is 0 Å². The van der Waals surface area contributed by atoms with Gasteiger partial charge < -0.3 is 9.72 Å². The van der Waals surface area contributed by atoms with Crippen LogP contribution in [0.2, 0.25) is 0 Å². The zero-order valence-corrected chi connectivity index (χ0v) is 13.9. The molecule has 23 heavy (non-hydrogen) atoms. The Balaban J connectivity index is 1.96. The zero-order chi connectivity index (χ0) is 15.8. The second-order valence-electron chi connectivity index (χ2n) is 6.46. The largest absolute Gasteiger partial charge is 0.372 e. The van der Waals surface area contributed by atoms with Gasteiger partial charge in [-0.05, 0) is 48.1 Å². The van der Waals surface area contributed by atoms with Crippen molar-refractivity contribution in [2.24, 2.45) is 0 Å². The second kappa shape index (κ2) is 5.86. The first-order valence-corrected chi connectivity index (χ1v) is 8.60. The smallest absolute Gasteiger partial charge is 0.0975 e. The summed E-state index contributed by atoms with van der Waals surface area (Å²) >= 11 is 0. The van der Waals surface area contributed by atoms with Gasteiger partial charge in [-0.3, -0.25) is 0 Å². The third-order valence-corrected chi connectivity index (χ3v) is 4.94. The molecule has 0 spiro atoms. The predicted molar refractivity (Wildman–Crippen MR) is 95.8 cm³/mol. The highest BCUT2D eigenvalue weighted by Crippen LogP contribution is 2.40. The molecular weight excluding hydrogens is 282 g/mol. The number of aromatic nitrogens is 1. The number of aryl methyl sites for hydroxylation is 1. The van der Waals surface area contributed by atoms with Gasteiger partial charge in [-0.15, -0.1) is 0 Å². The lowest BCUT2D eigenvalue weighted by molar-refractivity contribution is 0.0339. The molecule has 1 atom stereocenters. The maximum absolute atomic E-state index is 6.01. The molecule has 0 saturated heterocycles. The summed E-state index contributed by atoms with van der Waals surface area (Å²) in [6, 6.07) is 15.3. The number of hydrogen-bond donors (Lipinski definition) is 1. The van der Waals surface area contributed by atoms with Crippen molar-refractivity contribution in [3.8, 4) is 11.1 Å². The summed E-state index contributed by atoms with van der Waals surface area (Å²) in [5.41, 5.74) is 8.00. The molecule has 1 unspecified atom stereocenters. The van der Waals surface area contributed by atoms with Gasteiger partial charge in [0.1, 0.15) is 0 Å². The fourth-order valence-electron chi connectivity index (χ4n) is 3.85. The lowest BCUT2D eigenvalue weighted by Crippen LogP contribution is -2.15. The van der Waals surface area contributed by atoms with Crippen LogP contribution >= 0.6 is 0 Å². The predicted octanol–water partition coefficient (Wildman–Crippen LogP) is 5.56. The lowest BCUT2D eigenvalue weighted by atomic mass is 9.92. The van der Waals surface area contributed by atoms with E-state index in [4.69, 9.17) is 4.74 Å². The van der Waals surface area contributed by atoms with Crippen LogP contribution in [0.25, 0.3) is 22.0 Å². The van der Waals surface area contributed by atoms with Crippen molar-refractivity contribution in [3.63, 3.8) is 0 Å². The van der Waals surface area contributed by atoms with Gasteiger partial charge >= 0.3 is 0 Å². The molecule has 2 heteroatoms. The van der Waals surface area contributed by atoms with E-state index >= 15 is 0 Å². The van der Waals surface area contributed by atoms with Gasteiger partial charge in [-0.25, -0.2) is 0 Å². The molecule has 0 radical (unpaired) electrons. The van der Waals surface area contributed by atoms with Gasteiger partial charge in [-0.1, -0.05) is 49.7 Å². The summed E-state index contributed by atoms with van der Waals surface area (Å²) in [6.07, 6.45) is 3.45. The molecule has 4 rings (SSSR count). The number of ether oxygens (including phenoxy) is 1. The number of H-pyrrole nitrogens is 1. The Bertz CT molecular complexity index is 846. The van der Waals surface area contributed by atoms with Gasteiger partial charge in [0.25, 0.3) is 0 Å². The van der Waals surface area contributed by atoms with Crippen LogP contribution in [0.4, 0.5) is 0 Å². The average molecular weight is 305 g/mol. The zero-order valence-electron chi connectivity index (χ0n) is 13.9. The number of benzene rings is 2.